The molecule has 1 N–H and O–H groups in total. The van der Waals surface area contributed by atoms with Gasteiger partial charge in [-0.1, -0.05) is 177 Å². The van der Waals surface area contributed by atoms with E-state index in [9.17, 15) is 9.90 Å². The van der Waals surface area contributed by atoms with Crippen molar-refractivity contribution in [3.8, 4) is 0 Å². The Morgan fingerprint density at radius 3 is 1.71 bits per heavy atom. The Hall–Kier alpha value is -0.830. The van der Waals surface area contributed by atoms with Crippen LogP contribution in [0.4, 0.5) is 0 Å². The standard InChI is InChI=1S/C53H94O3/c1-11-12-13-14-15-16-17-18-19-20-21-22-23-24-25-26-27-28-41(54)39-46(55)56-45-32-34-50(7)43(48(45,4)5)30-35-51(8)44(50)31-36-52(9)47-42(40(2)3)29-33-49(47,6)37-38-53(51,52)10/h41-45,47,54H,2,11-39H2,1,3-10H3. The summed E-state index contributed by atoms with van der Waals surface area (Å²) in [7, 11) is 0. The van der Waals surface area contributed by atoms with Crippen LogP contribution in [0, 0.1) is 56.2 Å². The second-order valence-corrected chi connectivity index (χ2v) is 23.1. The van der Waals surface area contributed by atoms with Gasteiger partial charge in [0, 0.05) is 5.41 Å². The summed E-state index contributed by atoms with van der Waals surface area (Å²) in [6.45, 7) is 27.5. The molecule has 0 aromatic rings. The Morgan fingerprint density at radius 1 is 0.643 bits per heavy atom. The van der Waals surface area contributed by atoms with Gasteiger partial charge in [0.25, 0.3) is 0 Å². The lowest BCUT2D eigenvalue weighted by Gasteiger charge is -2.76. The Morgan fingerprint density at radius 2 is 1.16 bits per heavy atom. The summed E-state index contributed by atoms with van der Waals surface area (Å²) in [5.74, 6) is 2.52. The van der Waals surface area contributed by atoms with E-state index in [2.05, 4.69) is 68.9 Å². The van der Waals surface area contributed by atoms with Crippen LogP contribution >= 0.6 is 0 Å². The molecule has 0 aromatic heterocycles. The van der Waals surface area contributed by atoms with E-state index in [1.54, 1.807) is 0 Å². The van der Waals surface area contributed by atoms with E-state index >= 15 is 0 Å². The Balaban J connectivity index is 1.02. The minimum atomic E-state index is -0.579. The fraction of sp³-hybridized carbons (Fsp3) is 0.943. The van der Waals surface area contributed by atoms with Gasteiger partial charge in [-0.05, 0) is 128 Å². The van der Waals surface area contributed by atoms with Crippen LogP contribution in [0.3, 0.4) is 0 Å². The van der Waals surface area contributed by atoms with E-state index in [4.69, 9.17) is 4.74 Å². The minimum Gasteiger partial charge on any atom is -0.462 e. The van der Waals surface area contributed by atoms with Gasteiger partial charge in [0.05, 0.1) is 12.5 Å². The SMILES string of the molecule is C=C(C)C1CCC2(C)CCC3(C)C(C)(CCC4C5(C)CCC(OC(=O)CC(O)CCCCCCCCCCCCCCCCCCC)C(C)(C)C5CCC43C)C12. The predicted molar refractivity (Wildman–Crippen MR) is 239 cm³/mol. The predicted octanol–water partition coefficient (Wildman–Crippen LogP) is 15.8. The van der Waals surface area contributed by atoms with E-state index in [1.807, 2.05) is 0 Å². The molecule has 5 rings (SSSR count). The number of rotatable bonds is 22. The van der Waals surface area contributed by atoms with Gasteiger partial charge in [-0.15, -0.1) is 0 Å². The molecule has 324 valence electrons. The first-order valence-electron chi connectivity index (χ1n) is 25.0. The lowest BCUT2D eigenvalue weighted by Crippen LogP contribution is -2.69. The number of unbranched alkanes of at least 4 members (excludes halogenated alkanes) is 16. The summed E-state index contributed by atoms with van der Waals surface area (Å²) in [6, 6.07) is 0. The lowest BCUT2D eigenvalue weighted by atomic mass is 9.29. The molecule has 3 nitrogen and oxygen atoms in total. The van der Waals surface area contributed by atoms with Crippen molar-refractivity contribution in [2.45, 2.75) is 261 Å². The highest BCUT2D eigenvalue weighted by atomic mass is 16.5. The van der Waals surface area contributed by atoms with E-state index in [0.717, 1.165) is 31.6 Å². The van der Waals surface area contributed by atoms with Crippen molar-refractivity contribution in [3.05, 3.63) is 12.2 Å². The highest BCUT2D eigenvalue weighted by Crippen LogP contribution is 2.81. The average Bonchev–Trinajstić information content (AvgIpc) is 3.51. The van der Waals surface area contributed by atoms with Crippen LogP contribution in [0.2, 0.25) is 0 Å². The first kappa shape index (κ1) is 46.2. The van der Waals surface area contributed by atoms with E-state index in [-0.39, 0.29) is 29.3 Å². The second kappa shape index (κ2) is 19.3. The van der Waals surface area contributed by atoms with Crippen molar-refractivity contribution in [3.63, 3.8) is 0 Å². The molecule has 0 saturated heterocycles. The number of fused-ring (bicyclic) bond motifs is 7. The van der Waals surface area contributed by atoms with Crippen molar-refractivity contribution in [1.29, 1.82) is 0 Å². The van der Waals surface area contributed by atoms with Gasteiger partial charge in [-0.2, -0.15) is 0 Å². The third-order valence-electron chi connectivity index (χ3n) is 19.5. The van der Waals surface area contributed by atoms with Crippen molar-refractivity contribution >= 4 is 5.97 Å². The van der Waals surface area contributed by atoms with E-state index < -0.39 is 6.10 Å². The highest BCUT2D eigenvalue weighted by molar-refractivity contribution is 5.70. The van der Waals surface area contributed by atoms with Gasteiger partial charge in [-0.25, -0.2) is 0 Å². The molecule has 3 heteroatoms. The third-order valence-corrected chi connectivity index (χ3v) is 19.5. The zero-order valence-corrected chi connectivity index (χ0v) is 38.9. The van der Waals surface area contributed by atoms with Crippen molar-refractivity contribution in [2.24, 2.45) is 56.2 Å². The zero-order valence-electron chi connectivity index (χ0n) is 38.9. The van der Waals surface area contributed by atoms with Gasteiger partial charge >= 0.3 is 5.97 Å². The van der Waals surface area contributed by atoms with Crippen LogP contribution in [0.5, 0.6) is 0 Å². The molecule has 56 heavy (non-hydrogen) atoms. The first-order valence-corrected chi connectivity index (χ1v) is 25.0. The Labute approximate surface area is 348 Å². The summed E-state index contributed by atoms with van der Waals surface area (Å²) in [6.07, 6.45) is 36.1. The summed E-state index contributed by atoms with van der Waals surface area (Å²) >= 11 is 0. The summed E-state index contributed by atoms with van der Waals surface area (Å²) in [4.78, 5) is 13.3. The molecular formula is C53H94O3. The van der Waals surface area contributed by atoms with Crippen LogP contribution in [-0.4, -0.2) is 23.3 Å². The van der Waals surface area contributed by atoms with Crippen LogP contribution in [0.25, 0.3) is 0 Å². The number of aliphatic hydroxyl groups excluding tert-OH is 1. The fourth-order valence-electron chi connectivity index (χ4n) is 15.9. The quantitative estimate of drug-likeness (QED) is 0.0676. The van der Waals surface area contributed by atoms with Gasteiger partial charge in [0.2, 0.25) is 0 Å². The molecule has 0 radical (unpaired) electrons. The van der Waals surface area contributed by atoms with E-state index in [0.29, 0.717) is 45.8 Å². The van der Waals surface area contributed by atoms with Crippen LogP contribution in [0.15, 0.2) is 12.2 Å². The van der Waals surface area contributed by atoms with Crippen LogP contribution in [0.1, 0.15) is 249 Å². The number of hydrogen-bond acceptors (Lipinski definition) is 3. The molecule has 0 spiro atoms. The molecule has 5 aliphatic carbocycles. The summed E-state index contributed by atoms with van der Waals surface area (Å²) in [5.41, 5.74) is 3.10. The summed E-state index contributed by atoms with van der Waals surface area (Å²) < 4.78 is 6.38. The molecular weight excluding hydrogens is 685 g/mol. The summed E-state index contributed by atoms with van der Waals surface area (Å²) in [5, 5.41) is 10.8. The molecule has 5 fully saturated rings. The topological polar surface area (TPSA) is 46.5 Å². The largest absolute Gasteiger partial charge is 0.462 e. The number of hydrogen-bond donors (Lipinski definition) is 1. The molecule has 0 heterocycles. The maximum atomic E-state index is 13.3. The van der Waals surface area contributed by atoms with Crippen LogP contribution < -0.4 is 0 Å². The third kappa shape index (κ3) is 9.24. The Bertz CT molecular complexity index is 1270. The van der Waals surface area contributed by atoms with E-state index in [1.165, 1.54) is 153 Å². The number of carbonyl (C=O) groups is 1. The van der Waals surface area contributed by atoms with Crippen molar-refractivity contribution in [1.82, 2.24) is 0 Å². The molecule has 11 unspecified atom stereocenters. The fourth-order valence-corrected chi connectivity index (χ4v) is 15.9. The highest BCUT2D eigenvalue weighted by Gasteiger charge is 2.74. The maximum absolute atomic E-state index is 13.3. The molecule has 5 aliphatic rings. The average molecular weight is 779 g/mol. The maximum Gasteiger partial charge on any atom is 0.308 e. The van der Waals surface area contributed by atoms with Gasteiger partial charge in [0.1, 0.15) is 6.10 Å². The molecule has 0 bridgehead atoms. The van der Waals surface area contributed by atoms with Gasteiger partial charge in [-0.3, -0.25) is 4.79 Å². The van der Waals surface area contributed by atoms with Crippen molar-refractivity contribution < 1.29 is 14.6 Å². The molecule has 0 aromatic carbocycles. The van der Waals surface area contributed by atoms with Gasteiger partial charge < -0.3 is 9.84 Å². The van der Waals surface area contributed by atoms with Crippen molar-refractivity contribution in [2.75, 3.05) is 0 Å². The normalized spacial score (nSPS) is 39.2. The molecule has 5 saturated carbocycles. The Kier molecular flexibility index (Phi) is 15.9. The number of aliphatic hydroxyl groups is 1. The second-order valence-electron chi connectivity index (χ2n) is 23.1. The molecule has 0 amide bonds. The first-order chi connectivity index (χ1) is 26.5. The molecule has 11 atom stereocenters. The minimum absolute atomic E-state index is 0.0559. The van der Waals surface area contributed by atoms with Gasteiger partial charge in [0.15, 0.2) is 0 Å². The zero-order chi connectivity index (χ0) is 40.8. The molecule has 0 aliphatic heterocycles. The number of ether oxygens (including phenoxy) is 1. The lowest BCUT2D eigenvalue weighted by molar-refractivity contribution is -0.277. The van der Waals surface area contributed by atoms with Crippen LogP contribution in [-0.2, 0) is 9.53 Å². The smallest absolute Gasteiger partial charge is 0.308 e. The monoisotopic (exact) mass is 779 g/mol. The number of allylic oxidation sites excluding steroid dienone is 1. The number of carbonyl (C=O) groups excluding carboxylic acids is 1. The number of esters is 1.